The van der Waals surface area contributed by atoms with Crippen LogP contribution >= 0.6 is 0 Å². The average molecular weight is 332 g/mol. The third kappa shape index (κ3) is 4.70. The second-order valence-electron chi connectivity index (χ2n) is 4.93. The Bertz CT molecular complexity index is 732. The van der Waals surface area contributed by atoms with Gasteiger partial charge in [0.2, 0.25) is 0 Å². The second kappa shape index (κ2) is 7.96. The molecule has 0 atom stereocenters. The number of hydrogen-bond donors (Lipinski definition) is 2. The number of carbonyl (C=O) groups excluding carboxylic acids is 2. The number of rotatable bonds is 5. The summed E-state index contributed by atoms with van der Waals surface area (Å²) in [6, 6.07) is 10.2. The number of hydrazine groups is 1. The van der Waals surface area contributed by atoms with Crippen molar-refractivity contribution in [3.63, 3.8) is 0 Å². The maximum atomic E-state index is 12.7. The van der Waals surface area contributed by atoms with Crippen molar-refractivity contribution >= 4 is 11.8 Å². The van der Waals surface area contributed by atoms with Crippen LogP contribution in [0.2, 0.25) is 0 Å². The molecule has 0 bridgehead atoms. The zero-order chi connectivity index (χ0) is 17.5. The minimum Gasteiger partial charge on any atom is -0.496 e. The topological polar surface area (TPSA) is 76.7 Å². The van der Waals surface area contributed by atoms with E-state index in [0.717, 1.165) is 5.56 Å². The van der Waals surface area contributed by atoms with Crippen molar-refractivity contribution in [1.82, 2.24) is 10.9 Å². The van der Waals surface area contributed by atoms with Crippen molar-refractivity contribution < 1.29 is 23.5 Å². The number of benzene rings is 2. The van der Waals surface area contributed by atoms with E-state index in [9.17, 15) is 14.0 Å². The summed E-state index contributed by atoms with van der Waals surface area (Å²) < 4.78 is 23.1. The summed E-state index contributed by atoms with van der Waals surface area (Å²) in [4.78, 5) is 23.6. The van der Waals surface area contributed by atoms with Crippen LogP contribution in [-0.2, 0) is 4.79 Å². The van der Waals surface area contributed by atoms with E-state index >= 15 is 0 Å². The van der Waals surface area contributed by atoms with Gasteiger partial charge in [-0.2, -0.15) is 0 Å². The first kappa shape index (κ1) is 17.3. The Hall–Kier alpha value is -3.09. The van der Waals surface area contributed by atoms with E-state index in [-0.39, 0.29) is 6.61 Å². The molecule has 0 saturated heterocycles. The van der Waals surface area contributed by atoms with Crippen LogP contribution in [0.4, 0.5) is 4.39 Å². The molecule has 0 aromatic heterocycles. The molecule has 2 amide bonds. The highest BCUT2D eigenvalue weighted by Crippen LogP contribution is 2.18. The predicted molar refractivity (Wildman–Crippen MR) is 85.2 cm³/mol. The lowest BCUT2D eigenvalue weighted by Crippen LogP contribution is -2.43. The molecular formula is C17H17FN2O4. The predicted octanol–water partition coefficient (Wildman–Crippen LogP) is 1.98. The van der Waals surface area contributed by atoms with Crippen LogP contribution in [0.5, 0.6) is 11.5 Å². The third-order valence-electron chi connectivity index (χ3n) is 3.17. The number of amides is 2. The normalized spacial score (nSPS) is 9.96. The molecule has 0 spiro atoms. The first-order chi connectivity index (χ1) is 11.5. The molecule has 0 aliphatic rings. The molecule has 126 valence electrons. The van der Waals surface area contributed by atoms with Crippen molar-refractivity contribution in [3.05, 3.63) is 59.4 Å². The number of nitrogens with one attached hydrogen (secondary N) is 2. The zero-order valence-electron chi connectivity index (χ0n) is 13.3. The van der Waals surface area contributed by atoms with E-state index in [0.29, 0.717) is 17.1 Å². The molecule has 2 N–H and O–H groups in total. The van der Waals surface area contributed by atoms with Gasteiger partial charge >= 0.3 is 0 Å². The van der Waals surface area contributed by atoms with Gasteiger partial charge in [-0.05, 0) is 48.9 Å². The highest BCUT2D eigenvalue weighted by molar-refractivity contribution is 5.95. The fraction of sp³-hybridized carbons (Fsp3) is 0.176. The number of ether oxygens (including phenoxy) is 2. The van der Waals surface area contributed by atoms with Crippen molar-refractivity contribution in [3.8, 4) is 11.5 Å². The Morgan fingerprint density at radius 1 is 1.08 bits per heavy atom. The largest absolute Gasteiger partial charge is 0.496 e. The van der Waals surface area contributed by atoms with Gasteiger partial charge in [0.05, 0.1) is 7.11 Å². The lowest BCUT2D eigenvalue weighted by Gasteiger charge is -2.10. The lowest BCUT2D eigenvalue weighted by molar-refractivity contribution is -0.123. The van der Waals surface area contributed by atoms with E-state index in [1.165, 1.54) is 31.4 Å². The first-order valence-corrected chi connectivity index (χ1v) is 7.12. The molecule has 0 heterocycles. The number of carbonyl (C=O) groups is 2. The van der Waals surface area contributed by atoms with E-state index in [2.05, 4.69) is 10.9 Å². The number of methoxy groups -OCH3 is 1. The molecule has 0 unspecified atom stereocenters. The summed E-state index contributed by atoms with van der Waals surface area (Å²) in [5, 5.41) is 0. The van der Waals surface area contributed by atoms with E-state index in [1.807, 2.05) is 6.92 Å². The highest BCUT2D eigenvalue weighted by atomic mass is 19.1. The Morgan fingerprint density at radius 2 is 1.79 bits per heavy atom. The monoisotopic (exact) mass is 332 g/mol. The van der Waals surface area contributed by atoms with Gasteiger partial charge in [-0.25, -0.2) is 4.39 Å². The van der Waals surface area contributed by atoms with Crippen LogP contribution in [-0.4, -0.2) is 25.5 Å². The van der Waals surface area contributed by atoms with Crippen molar-refractivity contribution in [2.45, 2.75) is 6.92 Å². The standard InChI is InChI=1S/C17H17FN2O4/c1-11-3-4-12(9-15(11)23-2)17(22)20-19-16(21)10-24-14-7-5-13(18)6-8-14/h3-9H,10H2,1-2H3,(H,19,21)(H,20,22). The molecule has 0 aliphatic heterocycles. The highest BCUT2D eigenvalue weighted by Gasteiger charge is 2.10. The maximum Gasteiger partial charge on any atom is 0.276 e. The van der Waals surface area contributed by atoms with Crippen molar-refractivity contribution in [1.29, 1.82) is 0 Å². The van der Waals surface area contributed by atoms with Crippen LogP contribution in [0.25, 0.3) is 0 Å². The van der Waals surface area contributed by atoms with Crippen LogP contribution in [0.3, 0.4) is 0 Å². The molecule has 2 aromatic rings. The first-order valence-electron chi connectivity index (χ1n) is 7.12. The van der Waals surface area contributed by atoms with Gasteiger partial charge in [0.15, 0.2) is 6.61 Å². The van der Waals surface area contributed by atoms with E-state index < -0.39 is 17.6 Å². The summed E-state index contributed by atoms with van der Waals surface area (Å²) in [5.41, 5.74) is 5.76. The van der Waals surface area contributed by atoms with E-state index in [4.69, 9.17) is 9.47 Å². The summed E-state index contributed by atoms with van der Waals surface area (Å²) in [5.74, 6) is -0.502. The average Bonchev–Trinajstić information content (AvgIpc) is 2.59. The summed E-state index contributed by atoms with van der Waals surface area (Å²) in [6.07, 6.45) is 0. The molecule has 0 fully saturated rings. The van der Waals surface area contributed by atoms with Gasteiger partial charge in [0.25, 0.3) is 11.8 Å². The van der Waals surface area contributed by atoms with E-state index in [1.54, 1.807) is 18.2 Å². The molecule has 6 nitrogen and oxygen atoms in total. The Labute approximate surface area is 138 Å². The van der Waals surface area contributed by atoms with Gasteiger partial charge in [0.1, 0.15) is 17.3 Å². The minimum atomic E-state index is -0.549. The molecule has 0 aliphatic carbocycles. The van der Waals surface area contributed by atoms with Gasteiger partial charge in [-0.1, -0.05) is 6.07 Å². The molecular weight excluding hydrogens is 315 g/mol. The molecule has 2 aromatic carbocycles. The molecule has 0 saturated carbocycles. The summed E-state index contributed by atoms with van der Waals surface area (Å²) in [7, 11) is 1.51. The van der Waals surface area contributed by atoms with Crippen LogP contribution in [0.1, 0.15) is 15.9 Å². The fourth-order valence-electron chi connectivity index (χ4n) is 1.88. The Kier molecular flexibility index (Phi) is 5.73. The number of aryl methyl sites for hydroxylation is 1. The summed E-state index contributed by atoms with van der Waals surface area (Å²) in [6.45, 7) is 1.54. The Balaban J connectivity index is 1.82. The van der Waals surface area contributed by atoms with Gasteiger partial charge in [0, 0.05) is 5.56 Å². The zero-order valence-corrected chi connectivity index (χ0v) is 13.3. The van der Waals surface area contributed by atoms with Crippen LogP contribution < -0.4 is 20.3 Å². The molecule has 0 radical (unpaired) electrons. The SMILES string of the molecule is COc1cc(C(=O)NNC(=O)COc2ccc(F)cc2)ccc1C. The number of hydrogen-bond acceptors (Lipinski definition) is 4. The molecule has 2 rings (SSSR count). The third-order valence-corrected chi connectivity index (χ3v) is 3.17. The van der Waals surface area contributed by atoms with Crippen molar-refractivity contribution in [2.24, 2.45) is 0 Å². The van der Waals surface area contributed by atoms with Crippen LogP contribution in [0.15, 0.2) is 42.5 Å². The smallest absolute Gasteiger partial charge is 0.276 e. The van der Waals surface area contributed by atoms with Gasteiger partial charge < -0.3 is 9.47 Å². The van der Waals surface area contributed by atoms with Gasteiger partial charge in [-0.15, -0.1) is 0 Å². The van der Waals surface area contributed by atoms with Crippen LogP contribution in [0, 0.1) is 12.7 Å². The number of halogens is 1. The Morgan fingerprint density at radius 3 is 2.46 bits per heavy atom. The maximum absolute atomic E-state index is 12.7. The minimum absolute atomic E-state index is 0.316. The molecule has 24 heavy (non-hydrogen) atoms. The van der Waals surface area contributed by atoms with Gasteiger partial charge in [-0.3, -0.25) is 20.4 Å². The van der Waals surface area contributed by atoms with Crippen molar-refractivity contribution in [2.75, 3.05) is 13.7 Å². The molecule has 7 heteroatoms. The lowest BCUT2D eigenvalue weighted by atomic mass is 10.1. The quantitative estimate of drug-likeness (QED) is 0.821. The second-order valence-corrected chi connectivity index (χ2v) is 4.93. The fourth-order valence-corrected chi connectivity index (χ4v) is 1.88. The summed E-state index contributed by atoms with van der Waals surface area (Å²) >= 11 is 0.